The van der Waals surface area contributed by atoms with E-state index in [-0.39, 0.29) is 0 Å². The molecule has 5 nitrogen and oxygen atoms in total. The summed E-state index contributed by atoms with van der Waals surface area (Å²) in [6, 6.07) is 16.0. The molecule has 0 saturated heterocycles. The number of ether oxygens (including phenoxy) is 1. The van der Waals surface area contributed by atoms with Crippen molar-refractivity contribution >= 4 is 10.9 Å². The quantitative estimate of drug-likeness (QED) is 0.664. The van der Waals surface area contributed by atoms with Crippen LogP contribution in [0.1, 0.15) is 41.9 Å². The van der Waals surface area contributed by atoms with Crippen molar-refractivity contribution in [1.29, 1.82) is 10.5 Å². The molecule has 0 aliphatic heterocycles. The van der Waals surface area contributed by atoms with Gasteiger partial charge in [-0.2, -0.15) is 10.5 Å². The van der Waals surface area contributed by atoms with Crippen LogP contribution in [-0.4, -0.2) is 17.1 Å². The fraction of sp³-hybridized carbons (Fsp3) is 0.304. The largest absolute Gasteiger partial charge is 0.481 e. The molecule has 0 radical (unpaired) electrons. The number of rotatable bonds is 5. The molecule has 3 aromatic rings. The van der Waals surface area contributed by atoms with Gasteiger partial charge in [0.05, 0.1) is 24.1 Å². The van der Waals surface area contributed by atoms with Crippen LogP contribution in [-0.2, 0) is 18.3 Å². The zero-order valence-corrected chi connectivity index (χ0v) is 16.6. The van der Waals surface area contributed by atoms with E-state index in [1.165, 1.54) is 0 Å². The highest BCUT2D eigenvalue weighted by atomic mass is 16.5. The van der Waals surface area contributed by atoms with Gasteiger partial charge in [0.15, 0.2) is 0 Å². The minimum absolute atomic E-state index is 0.353. The Balaban J connectivity index is 2.12. The van der Waals surface area contributed by atoms with E-state index in [1.54, 1.807) is 19.2 Å². The number of pyridine rings is 2. The van der Waals surface area contributed by atoms with Gasteiger partial charge in [0.25, 0.3) is 0 Å². The Morgan fingerprint density at radius 1 is 1.14 bits per heavy atom. The van der Waals surface area contributed by atoms with Gasteiger partial charge in [-0.15, -0.1) is 0 Å². The molecule has 0 amide bonds. The third-order valence-corrected chi connectivity index (χ3v) is 5.07. The average molecular weight is 370 g/mol. The maximum atomic E-state index is 10.0. The van der Waals surface area contributed by atoms with Crippen LogP contribution < -0.4 is 4.74 Å². The third-order valence-electron chi connectivity index (χ3n) is 5.07. The molecule has 3 rings (SSSR count). The highest BCUT2D eigenvalue weighted by Crippen LogP contribution is 2.33. The minimum Gasteiger partial charge on any atom is -0.481 e. The fourth-order valence-electron chi connectivity index (χ4n) is 3.58. The molecule has 0 N–H and O–H groups in total. The molecule has 1 aromatic carbocycles. The molecule has 28 heavy (non-hydrogen) atoms. The summed E-state index contributed by atoms with van der Waals surface area (Å²) in [4.78, 5) is 9.00. The number of hydrogen-bond acceptors (Lipinski definition) is 5. The lowest BCUT2D eigenvalue weighted by atomic mass is 9.77. The molecule has 0 aliphatic rings. The summed E-state index contributed by atoms with van der Waals surface area (Å²) in [6.07, 6.45) is 1.25. The van der Waals surface area contributed by atoms with Crippen molar-refractivity contribution in [3.8, 4) is 18.0 Å². The van der Waals surface area contributed by atoms with Gasteiger partial charge in [-0.1, -0.05) is 13.0 Å². The van der Waals surface area contributed by atoms with Gasteiger partial charge in [0, 0.05) is 23.1 Å². The molecular formula is C23H22N4O. The maximum Gasteiger partial charge on any atom is 0.216 e. The second-order valence-corrected chi connectivity index (χ2v) is 7.12. The lowest BCUT2D eigenvalue weighted by Gasteiger charge is -2.24. The van der Waals surface area contributed by atoms with E-state index in [2.05, 4.69) is 41.2 Å². The van der Waals surface area contributed by atoms with Gasteiger partial charge in [-0.05, 0) is 61.7 Å². The minimum atomic E-state index is -0.794. The monoisotopic (exact) mass is 370 g/mol. The van der Waals surface area contributed by atoms with Gasteiger partial charge in [-0.3, -0.25) is 0 Å². The summed E-state index contributed by atoms with van der Waals surface area (Å²) in [5.41, 5.74) is 4.07. The van der Waals surface area contributed by atoms with Gasteiger partial charge in [0.1, 0.15) is 11.8 Å². The van der Waals surface area contributed by atoms with Crippen LogP contribution in [0.4, 0.5) is 0 Å². The van der Waals surface area contributed by atoms with Crippen LogP contribution in [0.2, 0.25) is 0 Å². The lowest BCUT2D eigenvalue weighted by molar-refractivity contribution is 0.394. The van der Waals surface area contributed by atoms with E-state index < -0.39 is 5.41 Å². The molecule has 0 bridgehead atoms. The molecule has 0 saturated carbocycles. The molecule has 0 fully saturated rings. The van der Waals surface area contributed by atoms with Crippen molar-refractivity contribution in [3.63, 3.8) is 0 Å². The van der Waals surface area contributed by atoms with E-state index in [0.29, 0.717) is 18.0 Å². The summed E-state index contributed by atoms with van der Waals surface area (Å²) in [5, 5.41) is 20.1. The Bertz CT molecular complexity index is 1120. The first-order valence-electron chi connectivity index (χ1n) is 9.20. The summed E-state index contributed by atoms with van der Waals surface area (Å²) in [5.74, 6) is 0.617. The second-order valence-electron chi connectivity index (χ2n) is 7.12. The molecule has 1 unspecified atom stereocenters. The topological polar surface area (TPSA) is 82.6 Å². The first-order valence-corrected chi connectivity index (χ1v) is 9.20. The van der Waals surface area contributed by atoms with E-state index in [0.717, 1.165) is 39.7 Å². The van der Waals surface area contributed by atoms with E-state index in [4.69, 9.17) is 10.00 Å². The standard InChI is InChI=1S/C23H22N4O/c1-5-16-10-17-9-15(2)20(11-21(17)27-22(16)28-4)23(3,14-25)12-18-7-6-8-19(13-24)26-18/h6-11H,5,12H2,1-4H3. The van der Waals surface area contributed by atoms with Crippen LogP contribution in [0.25, 0.3) is 10.9 Å². The number of nitrogens with zero attached hydrogens (tertiary/aromatic N) is 4. The van der Waals surface area contributed by atoms with Crippen molar-refractivity contribution in [2.45, 2.75) is 39.0 Å². The Labute approximate surface area is 165 Å². The summed E-state index contributed by atoms with van der Waals surface area (Å²) in [7, 11) is 1.62. The number of aromatic nitrogens is 2. The number of nitriles is 2. The Kier molecular flexibility index (Phi) is 5.29. The number of fused-ring (bicyclic) bond motifs is 1. The smallest absolute Gasteiger partial charge is 0.216 e. The summed E-state index contributed by atoms with van der Waals surface area (Å²) < 4.78 is 5.43. The molecule has 2 aromatic heterocycles. The normalized spacial score (nSPS) is 12.8. The predicted octanol–water partition coefficient (Wildman–Crippen LogP) is 4.40. The maximum absolute atomic E-state index is 10.0. The van der Waals surface area contributed by atoms with Crippen molar-refractivity contribution in [2.24, 2.45) is 0 Å². The molecule has 0 aliphatic carbocycles. The molecule has 0 spiro atoms. The van der Waals surface area contributed by atoms with Crippen molar-refractivity contribution in [2.75, 3.05) is 7.11 Å². The fourth-order valence-corrected chi connectivity index (χ4v) is 3.58. The van der Waals surface area contributed by atoms with E-state index in [9.17, 15) is 5.26 Å². The van der Waals surface area contributed by atoms with Crippen LogP contribution in [0.15, 0.2) is 36.4 Å². The molecular weight excluding hydrogens is 348 g/mol. The lowest BCUT2D eigenvalue weighted by Crippen LogP contribution is -2.25. The molecule has 2 heterocycles. The van der Waals surface area contributed by atoms with Crippen molar-refractivity contribution in [3.05, 3.63) is 64.5 Å². The van der Waals surface area contributed by atoms with Gasteiger partial charge >= 0.3 is 0 Å². The highest BCUT2D eigenvalue weighted by Gasteiger charge is 2.30. The van der Waals surface area contributed by atoms with Gasteiger partial charge < -0.3 is 4.74 Å². The predicted molar refractivity (Wildman–Crippen MR) is 108 cm³/mol. The summed E-state index contributed by atoms with van der Waals surface area (Å²) in [6.45, 7) is 5.99. The second kappa shape index (κ2) is 7.66. The number of aryl methyl sites for hydroxylation is 2. The van der Waals surface area contributed by atoms with Gasteiger partial charge in [-0.25, -0.2) is 9.97 Å². The first kappa shape index (κ1) is 19.3. The Morgan fingerprint density at radius 2 is 1.93 bits per heavy atom. The van der Waals surface area contributed by atoms with E-state index in [1.807, 2.05) is 26.0 Å². The first-order chi connectivity index (χ1) is 13.4. The Hall–Kier alpha value is -3.44. The zero-order valence-electron chi connectivity index (χ0n) is 16.6. The van der Waals surface area contributed by atoms with Crippen molar-refractivity contribution in [1.82, 2.24) is 9.97 Å². The van der Waals surface area contributed by atoms with Crippen LogP contribution >= 0.6 is 0 Å². The molecule has 140 valence electrons. The zero-order chi connectivity index (χ0) is 20.3. The molecule has 5 heteroatoms. The van der Waals surface area contributed by atoms with Gasteiger partial charge in [0.2, 0.25) is 5.88 Å². The van der Waals surface area contributed by atoms with Crippen molar-refractivity contribution < 1.29 is 4.74 Å². The van der Waals surface area contributed by atoms with Crippen LogP contribution in [0, 0.1) is 29.6 Å². The summed E-state index contributed by atoms with van der Waals surface area (Å²) >= 11 is 0. The number of benzene rings is 1. The van der Waals surface area contributed by atoms with Crippen LogP contribution in [0.5, 0.6) is 5.88 Å². The highest BCUT2D eigenvalue weighted by molar-refractivity contribution is 5.82. The SMILES string of the molecule is CCc1cc2cc(C)c(C(C)(C#N)Cc3cccc(C#N)n3)cc2nc1OC. The Morgan fingerprint density at radius 3 is 2.57 bits per heavy atom. The molecule has 1 atom stereocenters. The average Bonchev–Trinajstić information content (AvgIpc) is 2.72. The third kappa shape index (κ3) is 3.52. The number of methoxy groups -OCH3 is 1. The van der Waals surface area contributed by atoms with E-state index >= 15 is 0 Å². The van der Waals surface area contributed by atoms with Crippen LogP contribution in [0.3, 0.4) is 0 Å². The number of hydrogen-bond donors (Lipinski definition) is 0.